The molecule has 1 aliphatic heterocycles. The Morgan fingerprint density at radius 3 is 2.67 bits per heavy atom. The predicted octanol–water partition coefficient (Wildman–Crippen LogP) is 2.11. The molecule has 0 fully saturated rings. The minimum Gasteiger partial charge on any atom is -0.327 e. The zero-order valence-corrected chi connectivity index (χ0v) is 8.17. The number of aliphatic imine (C=N–C) groups is 1. The second-order valence-corrected chi connectivity index (χ2v) is 4.50. The number of rotatable bonds is 2. The summed E-state index contributed by atoms with van der Waals surface area (Å²) in [4.78, 5) is 4.06. The fraction of sp³-hybridized carbons (Fsp3) is 0.700. The van der Waals surface area contributed by atoms with Crippen LogP contribution in [0.2, 0.25) is 0 Å². The van der Waals surface area contributed by atoms with Crippen molar-refractivity contribution in [2.24, 2.45) is 16.1 Å². The highest BCUT2D eigenvalue weighted by Gasteiger charge is 2.21. The molecule has 0 bridgehead atoms. The molecule has 0 aromatic heterocycles. The molecule has 0 saturated heterocycles. The normalized spacial score (nSPS) is 19.5. The maximum Gasteiger partial charge on any atom is 0.0260 e. The van der Waals surface area contributed by atoms with E-state index in [2.05, 4.69) is 25.8 Å². The molecule has 0 saturated carbocycles. The molecule has 0 aromatic rings. The van der Waals surface area contributed by atoms with Crippen molar-refractivity contribution in [3.8, 4) is 0 Å². The van der Waals surface area contributed by atoms with E-state index >= 15 is 0 Å². The summed E-state index contributed by atoms with van der Waals surface area (Å²) in [5.74, 6) is 0. The Bertz CT molecular complexity index is 208. The standard InChI is InChI=1S/C10H18N2/c1-10(2,3)9(11)6-8-4-5-12-7-8/h5,7,9H,4,6,11H2,1-3H3. The van der Waals surface area contributed by atoms with Crippen molar-refractivity contribution in [2.45, 2.75) is 39.7 Å². The van der Waals surface area contributed by atoms with Crippen LogP contribution >= 0.6 is 0 Å². The average Bonchev–Trinajstić information content (AvgIpc) is 2.37. The van der Waals surface area contributed by atoms with E-state index in [0.29, 0.717) is 0 Å². The molecule has 0 spiro atoms. The Balaban J connectivity index is 2.42. The van der Waals surface area contributed by atoms with Crippen LogP contribution in [0.3, 0.4) is 0 Å². The van der Waals surface area contributed by atoms with Gasteiger partial charge in [0.2, 0.25) is 0 Å². The van der Waals surface area contributed by atoms with E-state index in [9.17, 15) is 0 Å². The molecule has 1 rings (SSSR count). The van der Waals surface area contributed by atoms with Crippen molar-refractivity contribution in [1.82, 2.24) is 0 Å². The molecule has 0 aliphatic carbocycles. The molecule has 1 atom stereocenters. The lowest BCUT2D eigenvalue weighted by Crippen LogP contribution is -2.35. The summed E-state index contributed by atoms with van der Waals surface area (Å²) in [6, 6.07) is 0.241. The first-order valence-corrected chi connectivity index (χ1v) is 4.45. The Kier molecular flexibility index (Phi) is 2.68. The lowest BCUT2D eigenvalue weighted by Gasteiger charge is -2.27. The third kappa shape index (κ3) is 2.45. The molecule has 12 heavy (non-hydrogen) atoms. The Morgan fingerprint density at radius 1 is 1.58 bits per heavy atom. The highest BCUT2D eigenvalue weighted by molar-refractivity contribution is 5.65. The van der Waals surface area contributed by atoms with Gasteiger partial charge in [-0.15, -0.1) is 0 Å². The lowest BCUT2D eigenvalue weighted by molar-refractivity contribution is 0.317. The zero-order chi connectivity index (χ0) is 9.19. The van der Waals surface area contributed by atoms with Gasteiger partial charge in [-0.25, -0.2) is 0 Å². The van der Waals surface area contributed by atoms with Crippen LogP contribution in [-0.2, 0) is 0 Å². The number of hydrogen-bond acceptors (Lipinski definition) is 2. The summed E-state index contributed by atoms with van der Waals surface area (Å²) in [6.45, 7) is 6.52. The second-order valence-electron chi connectivity index (χ2n) is 4.50. The summed E-state index contributed by atoms with van der Waals surface area (Å²) >= 11 is 0. The van der Waals surface area contributed by atoms with E-state index in [4.69, 9.17) is 5.73 Å². The van der Waals surface area contributed by atoms with Gasteiger partial charge in [-0.2, -0.15) is 0 Å². The van der Waals surface area contributed by atoms with Crippen molar-refractivity contribution < 1.29 is 0 Å². The van der Waals surface area contributed by atoms with Gasteiger partial charge in [0.25, 0.3) is 0 Å². The van der Waals surface area contributed by atoms with E-state index < -0.39 is 0 Å². The molecule has 0 radical (unpaired) electrons. The third-order valence-electron chi connectivity index (χ3n) is 2.31. The monoisotopic (exact) mass is 166 g/mol. The van der Waals surface area contributed by atoms with Gasteiger partial charge >= 0.3 is 0 Å². The Hall–Kier alpha value is -0.630. The van der Waals surface area contributed by atoms with Crippen LogP contribution < -0.4 is 5.73 Å². The maximum atomic E-state index is 6.03. The fourth-order valence-electron chi connectivity index (χ4n) is 1.11. The maximum absolute atomic E-state index is 6.03. The quantitative estimate of drug-likeness (QED) is 0.670. The second kappa shape index (κ2) is 3.40. The van der Waals surface area contributed by atoms with Gasteiger partial charge in [0.15, 0.2) is 0 Å². The minimum atomic E-state index is 0.198. The van der Waals surface area contributed by atoms with Gasteiger partial charge in [-0.1, -0.05) is 20.8 Å². The van der Waals surface area contributed by atoms with Crippen LogP contribution in [0, 0.1) is 5.41 Å². The smallest absolute Gasteiger partial charge is 0.0260 e. The van der Waals surface area contributed by atoms with Gasteiger partial charge in [0.05, 0.1) is 0 Å². The Labute approximate surface area is 74.6 Å². The molecule has 1 unspecified atom stereocenters. The molecule has 2 heteroatoms. The molecule has 1 aliphatic rings. The van der Waals surface area contributed by atoms with Gasteiger partial charge < -0.3 is 5.73 Å². The van der Waals surface area contributed by atoms with E-state index in [-0.39, 0.29) is 11.5 Å². The van der Waals surface area contributed by atoms with E-state index in [1.54, 1.807) is 0 Å². The summed E-state index contributed by atoms with van der Waals surface area (Å²) in [5, 5.41) is 0. The van der Waals surface area contributed by atoms with Crippen molar-refractivity contribution in [1.29, 1.82) is 0 Å². The van der Waals surface area contributed by atoms with Crippen molar-refractivity contribution in [2.75, 3.05) is 0 Å². The van der Waals surface area contributed by atoms with Gasteiger partial charge in [-0.3, -0.25) is 4.99 Å². The first-order valence-electron chi connectivity index (χ1n) is 4.45. The summed E-state index contributed by atoms with van der Waals surface area (Å²) in [5.41, 5.74) is 7.59. The minimum absolute atomic E-state index is 0.198. The first kappa shape index (κ1) is 9.46. The SMILES string of the molecule is CC(C)(C)C(N)CC1=CN=CC1. The summed E-state index contributed by atoms with van der Waals surface area (Å²) in [6.07, 6.45) is 5.84. The molecule has 2 nitrogen and oxygen atoms in total. The fourth-order valence-corrected chi connectivity index (χ4v) is 1.11. The molecule has 1 heterocycles. The molecular formula is C10H18N2. The first-order chi connectivity index (χ1) is 5.50. The van der Waals surface area contributed by atoms with Crippen LogP contribution in [0.15, 0.2) is 16.8 Å². The van der Waals surface area contributed by atoms with Gasteiger partial charge in [0.1, 0.15) is 0 Å². The molecule has 2 N–H and O–H groups in total. The Morgan fingerprint density at radius 2 is 2.25 bits per heavy atom. The zero-order valence-electron chi connectivity index (χ0n) is 8.17. The third-order valence-corrected chi connectivity index (χ3v) is 2.31. The van der Waals surface area contributed by atoms with Crippen molar-refractivity contribution in [3.05, 3.63) is 11.8 Å². The molecular weight excluding hydrogens is 148 g/mol. The van der Waals surface area contributed by atoms with Crippen LogP contribution in [0.25, 0.3) is 0 Å². The molecule has 68 valence electrons. The van der Waals surface area contributed by atoms with E-state index in [1.807, 2.05) is 12.4 Å². The highest BCUT2D eigenvalue weighted by Crippen LogP contribution is 2.24. The largest absolute Gasteiger partial charge is 0.327 e. The molecule has 0 aromatic carbocycles. The molecule has 0 amide bonds. The van der Waals surface area contributed by atoms with Gasteiger partial charge in [0, 0.05) is 24.9 Å². The summed E-state index contributed by atoms with van der Waals surface area (Å²) in [7, 11) is 0. The van der Waals surface area contributed by atoms with Gasteiger partial charge in [-0.05, 0) is 17.4 Å². The average molecular weight is 166 g/mol. The van der Waals surface area contributed by atoms with Crippen molar-refractivity contribution in [3.63, 3.8) is 0 Å². The van der Waals surface area contributed by atoms with Crippen molar-refractivity contribution >= 4 is 6.21 Å². The highest BCUT2D eigenvalue weighted by atomic mass is 14.7. The topological polar surface area (TPSA) is 38.4 Å². The number of nitrogens with zero attached hydrogens (tertiary/aromatic N) is 1. The van der Waals surface area contributed by atoms with Crippen LogP contribution in [-0.4, -0.2) is 12.3 Å². The lowest BCUT2D eigenvalue weighted by atomic mass is 9.83. The van der Waals surface area contributed by atoms with E-state index in [1.165, 1.54) is 5.57 Å². The van der Waals surface area contributed by atoms with Crippen LogP contribution in [0.1, 0.15) is 33.6 Å². The van der Waals surface area contributed by atoms with E-state index in [0.717, 1.165) is 12.8 Å². The predicted molar refractivity (Wildman–Crippen MR) is 53.2 cm³/mol. The number of nitrogens with two attached hydrogens (primary N) is 1. The van der Waals surface area contributed by atoms with Crippen LogP contribution in [0.5, 0.6) is 0 Å². The summed E-state index contributed by atoms with van der Waals surface area (Å²) < 4.78 is 0. The number of hydrogen-bond donors (Lipinski definition) is 1. The van der Waals surface area contributed by atoms with Crippen LogP contribution in [0.4, 0.5) is 0 Å².